The molecule has 1 aromatic rings. The van der Waals surface area contributed by atoms with Crippen molar-refractivity contribution in [1.82, 2.24) is 4.90 Å². The smallest absolute Gasteiger partial charge is 0.310 e. The molecule has 1 aliphatic rings. The number of furan rings is 1. The van der Waals surface area contributed by atoms with Crippen LogP contribution in [-0.4, -0.2) is 30.6 Å². The van der Waals surface area contributed by atoms with Gasteiger partial charge in [-0.2, -0.15) is 0 Å². The third-order valence-electron chi connectivity index (χ3n) is 3.30. The number of nitrogens with zero attached hydrogens (tertiary/aromatic N) is 1. The van der Waals surface area contributed by atoms with Gasteiger partial charge in [0.25, 0.3) is 0 Å². The minimum absolute atomic E-state index is 0.0229. The summed E-state index contributed by atoms with van der Waals surface area (Å²) in [5, 5.41) is 0. The largest absolute Gasteiger partial charge is 0.466 e. The average molecular weight is 251 g/mol. The fourth-order valence-electron chi connectivity index (χ4n) is 2.44. The number of piperidine rings is 1. The highest BCUT2D eigenvalue weighted by Crippen LogP contribution is 2.20. The maximum atomic E-state index is 11.7. The van der Waals surface area contributed by atoms with Gasteiger partial charge in [0.05, 0.1) is 19.1 Å². The molecule has 2 heterocycles. The first-order valence-corrected chi connectivity index (χ1v) is 6.63. The summed E-state index contributed by atoms with van der Waals surface area (Å²) in [4.78, 5) is 14.0. The van der Waals surface area contributed by atoms with Gasteiger partial charge < -0.3 is 9.15 Å². The maximum Gasteiger partial charge on any atom is 0.310 e. The molecule has 1 atom stereocenters. The molecule has 1 aromatic heterocycles. The maximum absolute atomic E-state index is 11.7. The zero-order chi connectivity index (χ0) is 13.0. The third kappa shape index (κ3) is 3.35. The molecule has 1 aliphatic heterocycles. The molecule has 1 fully saturated rings. The van der Waals surface area contributed by atoms with E-state index in [4.69, 9.17) is 9.15 Å². The molecular formula is C14H21NO3. The molecule has 0 bridgehead atoms. The van der Waals surface area contributed by atoms with E-state index >= 15 is 0 Å². The summed E-state index contributed by atoms with van der Waals surface area (Å²) in [6.07, 6.45) is 1.98. The van der Waals surface area contributed by atoms with Gasteiger partial charge in [-0.05, 0) is 45.4 Å². The van der Waals surface area contributed by atoms with Crippen molar-refractivity contribution in [3.63, 3.8) is 0 Å². The quantitative estimate of drug-likeness (QED) is 0.770. The van der Waals surface area contributed by atoms with Crippen LogP contribution < -0.4 is 0 Å². The Kier molecular flexibility index (Phi) is 4.42. The van der Waals surface area contributed by atoms with Gasteiger partial charge in [0.1, 0.15) is 11.5 Å². The predicted molar refractivity (Wildman–Crippen MR) is 68.1 cm³/mol. The summed E-state index contributed by atoms with van der Waals surface area (Å²) < 4.78 is 10.7. The summed E-state index contributed by atoms with van der Waals surface area (Å²) in [6, 6.07) is 3.98. The summed E-state index contributed by atoms with van der Waals surface area (Å²) >= 11 is 0. The van der Waals surface area contributed by atoms with Gasteiger partial charge in [-0.3, -0.25) is 9.69 Å². The van der Waals surface area contributed by atoms with Crippen molar-refractivity contribution in [2.24, 2.45) is 5.92 Å². The standard InChI is InChI=1S/C14H21NO3/c1-3-17-14(16)12-5-4-8-15(9-12)10-13-7-6-11(2)18-13/h6-7,12H,3-5,8-10H2,1-2H3/t12-/m1/s1. The lowest BCUT2D eigenvalue weighted by Gasteiger charge is -2.30. The van der Waals surface area contributed by atoms with Crippen molar-refractivity contribution in [3.05, 3.63) is 23.7 Å². The van der Waals surface area contributed by atoms with Crippen LogP contribution in [0.15, 0.2) is 16.5 Å². The van der Waals surface area contributed by atoms with E-state index in [-0.39, 0.29) is 11.9 Å². The van der Waals surface area contributed by atoms with Crippen molar-refractivity contribution >= 4 is 5.97 Å². The second kappa shape index (κ2) is 6.05. The minimum atomic E-state index is -0.0576. The van der Waals surface area contributed by atoms with Gasteiger partial charge >= 0.3 is 5.97 Å². The Morgan fingerprint density at radius 3 is 3.06 bits per heavy atom. The van der Waals surface area contributed by atoms with E-state index in [1.165, 1.54) is 0 Å². The number of ether oxygens (including phenoxy) is 1. The Bertz CT molecular complexity index is 399. The second-order valence-electron chi connectivity index (χ2n) is 4.84. The number of likely N-dealkylation sites (tertiary alicyclic amines) is 1. The Labute approximate surface area is 108 Å². The van der Waals surface area contributed by atoms with E-state index in [0.29, 0.717) is 6.61 Å². The van der Waals surface area contributed by atoms with E-state index in [1.807, 2.05) is 26.0 Å². The number of carbonyl (C=O) groups excluding carboxylic acids is 1. The van der Waals surface area contributed by atoms with Gasteiger partial charge in [-0.1, -0.05) is 0 Å². The van der Waals surface area contributed by atoms with E-state index in [9.17, 15) is 4.79 Å². The zero-order valence-electron chi connectivity index (χ0n) is 11.1. The van der Waals surface area contributed by atoms with Gasteiger partial charge in [0.2, 0.25) is 0 Å². The van der Waals surface area contributed by atoms with E-state index in [2.05, 4.69) is 4.90 Å². The Morgan fingerprint density at radius 2 is 2.39 bits per heavy atom. The lowest BCUT2D eigenvalue weighted by atomic mass is 9.98. The summed E-state index contributed by atoms with van der Waals surface area (Å²) in [6.45, 7) is 6.84. The highest BCUT2D eigenvalue weighted by atomic mass is 16.5. The van der Waals surface area contributed by atoms with Crippen LogP contribution in [0.1, 0.15) is 31.3 Å². The summed E-state index contributed by atoms with van der Waals surface area (Å²) in [7, 11) is 0. The van der Waals surface area contributed by atoms with Crippen LogP contribution in [0.4, 0.5) is 0 Å². The van der Waals surface area contributed by atoms with Crippen LogP contribution in [0.25, 0.3) is 0 Å². The number of hydrogen-bond donors (Lipinski definition) is 0. The van der Waals surface area contributed by atoms with Crippen LogP contribution in [0.3, 0.4) is 0 Å². The highest BCUT2D eigenvalue weighted by Gasteiger charge is 2.27. The lowest BCUT2D eigenvalue weighted by Crippen LogP contribution is -2.38. The molecule has 0 saturated carbocycles. The van der Waals surface area contributed by atoms with Crippen LogP contribution in [0, 0.1) is 12.8 Å². The number of hydrogen-bond acceptors (Lipinski definition) is 4. The fourth-order valence-corrected chi connectivity index (χ4v) is 2.44. The van der Waals surface area contributed by atoms with Crippen molar-refractivity contribution < 1.29 is 13.9 Å². The first kappa shape index (κ1) is 13.1. The van der Waals surface area contributed by atoms with Gasteiger partial charge in [0.15, 0.2) is 0 Å². The lowest BCUT2D eigenvalue weighted by molar-refractivity contribution is -0.150. The normalized spacial score (nSPS) is 20.9. The molecule has 100 valence electrons. The molecule has 0 aromatic carbocycles. The average Bonchev–Trinajstić information content (AvgIpc) is 2.75. The molecule has 18 heavy (non-hydrogen) atoms. The van der Waals surface area contributed by atoms with E-state index in [1.54, 1.807) is 0 Å². The molecule has 4 heteroatoms. The van der Waals surface area contributed by atoms with Crippen LogP contribution in [-0.2, 0) is 16.1 Å². The zero-order valence-corrected chi connectivity index (χ0v) is 11.1. The monoisotopic (exact) mass is 251 g/mol. The molecule has 2 rings (SSSR count). The van der Waals surface area contributed by atoms with Gasteiger partial charge in [-0.25, -0.2) is 0 Å². The first-order chi connectivity index (χ1) is 8.69. The molecule has 0 aliphatic carbocycles. The number of aryl methyl sites for hydroxylation is 1. The predicted octanol–water partition coefficient (Wildman–Crippen LogP) is 2.36. The third-order valence-corrected chi connectivity index (χ3v) is 3.30. The van der Waals surface area contributed by atoms with Crippen molar-refractivity contribution in [3.8, 4) is 0 Å². The summed E-state index contributed by atoms with van der Waals surface area (Å²) in [5.74, 6) is 1.87. The highest BCUT2D eigenvalue weighted by molar-refractivity contribution is 5.72. The second-order valence-corrected chi connectivity index (χ2v) is 4.84. The molecule has 4 nitrogen and oxygen atoms in total. The first-order valence-electron chi connectivity index (χ1n) is 6.63. The minimum Gasteiger partial charge on any atom is -0.466 e. The van der Waals surface area contributed by atoms with E-state index in [0.717, 1.165) is 44.0 Å². The van der Waals surface area contributed by atoms with E-state index < -0.39 is 0 Å². The topological polar surface area (TPSA) is 42.7 Å². The number of esters is 1. The number of rotatable bonds is 4. The molecular weight excluding hydrogens is 230 g/mol. The van der Waals surface area contributed by atoms with Crippen LogP contribution in [0.2, 0.25) is 0 Å². The van der Waals surface area contributed by atoms with Crippen molar-refractivity contribution in [2.75, 3.05) is 19.7 Å². The van der Waals surface area contributed by atoms with Gasteiger partial charge in [-0.15, -0.1) is 0 Å². The molecule has 0 unspecified atom stereocenters. The SMILES string of the molecule is CCOC(=O)[C@@H]1CCCN(Cc2ccc(C)o2)C1. The fraction of sp³-hybridized carbons (Fsp3) is 0.643. The molecule has 0 amide bonds. The molecule has 0 radical (unpaired) electrons. The molecule has 0 spiro atoms. The van der Waals surface area contributed by atoms with Crippen molar-refractivity contribution in [2.45, 2.75) is 33.2 Å². The molecule has 0 N–H and O–H groups in total. The number of carbonyl (C=O) groups is 1. The van der Waals surface area contributed by atoms with Crippen molar-refractivity contribution in [1.29, 1.82) is 0 Å². The molecule has 1 saturated heterocycles. The summed E-state index contributed by atoms with van der Waals surface area (Å²) in [5.41, 5.74) is 0. The Balaban J connectivity index is 1.88. The van der Waals surface area contributed by atoms with Crippen LogP contribution >= 0.6 is 0 Å². The Hall–Kier alpha value is -1.29. The van der Waals surface area contributed by atoms with Gasteiger partial charge in [0, 0.05) is 6.54 Å². The van der Waals surface area contributed by atoms with Crippen LogP contribution in [0.5, 0.6) is 0 Å². The Morgan fingerprint density at radius 1 is 1.56 bits per heavy atom.